The molecule has 0 bridgehead atoms. The second-order valence-corrected chi connectivity index (χ2v) is 12.1. The Balaban J connectivity index is 1.55. The molecular formula is C26H20N6O10S2. The Morgan fingerprint density at radius 1 is 0.795 bits per heavy atom. The summed E-state index contributed by atoms with van der Waals surface area (Å²) in [6.45, 7) is 1.65. The molecule has 0 radical (unpaired) electrons. The third kappa shape index (κ3) is 5.56. The number of azo groups is 2. The number of rotatable bonds is 7. The first-order chi connectivity index (χ1) is 20.6. The number of nitrogens with zero attached hydrogens (tertiary/aromatic N) is 4. The van der Waals surface area contributed by atoms with Gasteiger partial charge in [-0.25, -0.2) is 0 Å². The molecule has 6 N–H and O–H groups in total. The number of phenols is 1. The molecular weight excluding hydrogens is 620 g/mol. The number of anilines is 1. The maximum atomic E-state index is 12.2. The van der Waals surface area contributed by atoms with Crippen molar-refractivity contribution in [2.45, 2.75) is 16.7 Å². The molecule has 1 aliphatic heterocycles. The number of hydrogen-bond donors (Lipinski definition) is 5. The van der Waals surface area contributed by atoms with Crippen LogP contribution in [-0.2, 0) is 20.2 Å². The van der Waals surface area contributed by atoms with E-state index in [1.54, 1.807) is 6.92 Å². The fraction of sp³-hybridized carbons (Fsp3) is 0.0769. The number of nitrogen functional groups attached to an aromatic ring is 1. The Morgan fingerprint density at radius 3 is 2.09 bits per heavy atom. The van der Waals surface area contributed by atoms with E-state index in [1.165, 1.54) is 37.4 Å². The van der Waals surface area contributed by atoms with Gasteiger partial charge in [-0.15, -0.1) is 10.2 Å². The van der Waals surface area contributed by atoms with Crippen LogP contribution in [-0.4, -0.2) is 50.0 Å². The standard InChI is InChI=1S/C26H20N6O10S2/c1-11-5-19(20(42-2)10-18(11)30-29-13-3-4-14-16(8-13)26(35)28-25(14)34)31-32-23-22(44(39,40)41)7-12-6-21(43(36,37)38)17(27)9-15(12)24(23)33/h3-10,33H,27H2,1-2H3,(H,28,34,35)(H,36,37,38)(H,39,40,41). The normalized spacial score (nSPS) is 13.6. The second kappa shape index (κ2) is 10.8. The van der Waals surface area contributed by atoms with E-state index in [1.807, 2.05) is 0 Å². The maximum absolute atomic E-state index is 12.2. The first kappa shape index (κ1) is 30.2. The van der Waals surface area contributed by atoms with Gasteiger partial charge in [0.15, 0.2) is 5.75 Å². The molecule has 0 aromatic heterocycles. The van der Waals surface area contributed by atoms with Gasteiger partial charge in [0, 0.05) is 11.5 Å². The molecule has 0 saturated heterocycles. The number of nitrogens with two attached hydrogens (primary N) is 1. The summed E-state index contributed by atoms with van der Waals surface area (Å²) in [6, 6.07) is 9.92. The lowest BCUT2D eigenvalue weighted by Crippen LogP contribution is -2.19. The van der Waals surface area contributed by atoms with Crippen LogP contribution in [0.25, 0.3) is 10.8 Å². The molecule has 16 nitrogen and oxygen atoms in total. The summed E-state index contributed by atoms with van der Waals surface area (Å²) in [5, 5.41) is 28.8. The predicted molar refractivity (Wildman–Crippen MR) is 154 cm³/mol. The monoisotopic (exact) mass is 640 g/mol. The molecule has 0 unspecified atom stereocenters. The van der Waals surface area contributed by atoms with E-state index in [0.29, 0.717) is 16.9 Å². The molecule has 4 aromatic carbocycles. The summed E-state index contributed by atoms with van der Waals surface area (Å²) in [5.41, 5.74) is 6.13. The first-order valence-electron chi connectivity index (χ1n) is 12.1. The van der Waals surface area contributed by atoms with Gasteiger partial charge in [-0.2, -0.15) is 27.1 Å². The number of carbonyl (C=O) groups excluding carboxylic acids is 2. The quantitative estimate of drug-likeness (QED) is 0.0803. The molecule has 2 amide bonds. The highest BCUT2D eigenvalue weighted by atomic mass is 32.2. The minimum Gasteiger partial charge on any atom is -0.505 e. The van der Waals surface area contributed by atoms with Crippen molar-refractivity contribution in [3.63, 3.8) is 0 Å². The number of methoxy groups -OCH3 is 1. The molecule has 0 aliphatic carbocycles. The Morgan fingerprint density at radius 2 is 1.43 bits per heavy atom. The van der Waals surface area contributed by atoms with Crippen molar-refractivity contribution in [3.05, 3.63) is 65.2 Å². The first-order valence-corrected chi connectivity index (χ1v) is 15.0. The largest absolute Gasteiger partial charge is 0.505 e. The molecule has 44 heavy (non-hydrogen) atoms. The molecule has 0 atom stereocenters. The predicted octanol–water partition coefficient (Wildman–Crippen LogP) is 4.65. The van der Waals surface area contributed by atoms with E-state index in [4.69, 9.17) is 10.5 Å². The van der Waals surface area contributed by atoms with Gasteiger partial charge in [0.1, 0.15) is 26.9 Å². The molecule has 4 aromatic rings. The number of amides is 2. The van der Waals surface area contributed by atoms with Crippen LogP contribution < -0.4 is 15.8 Å². The number of aromatic hydroxyl groups is 1. The molecule has 1 aliphatic rings. The van der Waals surface area contributed by atoms with Gasteiger partial charge in [-0.1, -0.05) is 0 Å². The highest BCUT2D eigenvalue weighted by Crippen LogP contribution is 2.44. The summed E-state index contributed by atoms with van der Waals surface area (Å²) < 4.78 is 72.2. The zero-order valence-electron chi connectivity index (χ0n) is 22.5. The van der Waals surface area contributed by atoms with Gasteiger partial charge in [0.25, 0.3) is 32.1 Å². The number of nitrogens with one attached hydrogen (secondary N) is 1. The van der Waals surface area contributed by atoms with Crippen LogP contribution >= 0.6 is 0 Å². The Labute approximate surface area is 248 Å². The van der Waals surface area contributed by atoms with Crippen LogP contribution in [0.5, 0.6) is 11.5 Å². The van der Waals surface area contributed by atoms with Crippen LogP contribution in [0.3, 0.4) is 0 Å². The Hall–Kier alpha value is -5.30. The van der Waals surface area contributed by atoms with E-state index < -0.39 is 59.0 Å². The van der Waals surface area contributed by atoms with E-state index in [2.05, 4.69) is 25.8 Å². The minimum atomic E-state index is -5.04. The number of phenolic OH excluding ortho intramolecular Hbond substituents is 1. The van der Waals surface area contributed by atoms with Crippen LogP contribution in [0.2, 0.25) is 0 Å². The zero-order valence-corrected chi connectivity index (χ0v) is 24.1. The number of imide groups is 1. The lowest BCUT2D eigenvalue weighted by molar-refractivity contribution is 0.0879. The van der Waals surface area contributed by atoms with Gasteiger partial charge in [0.2, 0.25) is 0 Å². The van der Waals surface area contributed by atoms with Crippen LogP contribution in [0.15, 0.2) is 78.8 Å². The van der Waals surface area contributed by atoms with E-state index in [9.17, 15) is 40.6 Å². The third-order valence-electron chi connectivity index (χ3n) is 6.49. The van der Waals surface area contributed by atoms with Crippen molar-refractivity contribution in [1.82, 2.24) is 5.32 Å². The minimum absolute atomic E-state index is 0.0543. The van der Waals surface area contributed by atoms with E-state index in [-0.39, 0.29) is 33.3 Å². The Kier molecular flexibility index (Phi) is 7.38. The average Bonchev–Trinajstić information content (AvgIpc) is 3.23. The van der Waals surface area contributed by atoms with E-state index >= 15 is 0 Å². The lowest BCUT2D eigenvalue weighted by atomic mass is 10.1. The fourth-order valence-electron chi connectivity index (χ4n) is 4.35. The van der Waals surface area contributed by atoms with Gasteiger partial charge in [-0.05, 0) is 60.3 Å². The number of fused-ring (bicyclic) bond motifs is 2. The molecule has 18 heteroatoms. The SMILES string of the molecule is COc1cc(N=Nc2ccc3c(c2)C(=O)NC3=O)c(C)cc1N=Nc1c(S(=O)(=O)O)cc2cc(S(=O)(=O)O)c(N)cc2c1O. The van der Waals surface area contributed by atoms with Crippen LogP contribution in [0, 0.1) is 6.92 Å². The van der Waals surface area contributed by atoms with Crippen molar-refractivity contribution in [1.29, 1.82) is 0 Å². The molecule has 5 rings (SSSR count). The smallest absolute Gasteiger partial charge is 0.296 e. The molecule has 0 spiro atoms. The van der Waals surface area contributed by atoms with Crippen LogP contribution in [0.4, 0.5) is 28.4 Å². The number of carbonyl (C=O) groups is 2. The molecule has 1 heterocycles. The lowest BCUT2D eigenvalue weighted by Gasteiger charge is -2.12. The highest BCUT2D eigenvalue weighted by Gasteiger charge is 2.27. The Bertz CT molecular complexity index is 2210. The number of hydrogen-bond acceptors (Lipinski definition) is 13. The highest BCUT2D eigenvalue weighted by molar-refractivity contribution is 7.86. The van der Waals surface area contributed by atoms with Gasteiger partial charge in [0.05, 0.1) is 35.3 Å². The summed E-state index contributed by atoms with van der Waals surface area (Å²) >= 11 is 0. The summed E-state index contributed by atoms with van der Waals surface area (Å²) in [5.74, 6) is -1.76. The number of ether oxygens (including phenoxy) is 1. The van der Waals surface area contributed by atoms with Gasteiger partial charge < -0.3 is 15.6 Å². The molecule has 226 valence electrons. The van der Waals surface area contributed by atoms with Crippen molar-refractivity contribution in [2.24, 2.45) is 20.5 Å². The van der Waals surface area contributed by atoms with Crippen molar-refractivity contribution < 1.29 is 45.4 Å². The van der Waals surface area contributed by atoms with Crippen LogP contribution in [0.1, 0.15) is 26.3 Å². The van der Waals surface area contributed by atoms with Crippen molar-refractivity contribution in [2.75, 3.05) is 12.8 Å². The topological polar surface area (TPSA) is 260 Å². The number of benzene rings is 4. The third-order valence-corrected chi connectivity index (χ3v) is 8.26. The zero-order chi connectivity index (χ0) is 32.1. The van der Waals surface area contributed by atoms with Gasteiger partial charge >= 0.3 is 0 Å². The molecule has 0 saturated carbocycles. The number of aryl methyl sites for hydroxylation is 1. The van der Waals surface area contributed by atoms with Crippen molar-refractivity contribution >= 4 is 71.3 Å². The van der Waals surface area contributed by atoms with Crippen molar-refractivity contribution in [3.8, 4) is 11.5 Å². The van der Waals surface area contributed by atoms with E-state index in [0.717, 1.165) is 18.2 Å². The molecule has 0 fully saturated rings. The summed E-state index contributed by atoms with van der Waals surface area (Å²) in [4.78, 5) is 22.0. The summed E-state index contributed by atoms with van der Waals surface area (Å²) in [7, 11) is -8.53. The fourth-order valence-corrected chi connectivity index (χ4v) is 5.64. The summed E-state index contributed by atoms with van der Waals surface area (Å²) in [6.07, 6.45) is 0. The average molecular weight is 641 g/mol. The maximum Gasteiger partial charge on any atom is 0.296 e. The van der Waals surface area contributed by atoms with Gasteiger partial charge in [-0.3, -0.25) is 24.0 Å². The second-order valence-electron chi connectivity index (χ2n) is 9.36.